The first-order valence-corrected chi connectivity index (χ1v) is 10.0. The molecule has 0 aliphatic heterocycles. The molecule has 2 rings (SSSR count). The second-order valence-corrected chi connectivity index (χ2v) is 7.63. The van der Waals surface area contributed by atoms with Gasteiger partial charge in [0.15, 0.2) is 0 Å². The number of hydrogen-bond acceptors (Lipinski definition) is 4. The number of methoxy groups -OCH3 is 1. The highest BCUT2D eigenvalue weighted by Crippen LogP contribution is 2.27. The standard InChI is InChI=1S/C20H23ClN2O3S/c1-4-14-5-7-15(8-6-14)22-19(24)12-27-13(2)20(25)23-16-9-10-18(26-3)17(21)11-16/h5-11,13H,4,12H2,1-3H3,(H,22,24)(H,23,25). The molecule has 144 valence electrons. The van der Waals surface area contributed by atoms with Crippen molar-refractivity contribution in [1.82, 2.24) is 0 Å². The molecule has 0 spiro atoms. The summed E-state index contributed by atoms with van der Waals surface area (Å²) in [6.45, 7) is 3.84. The molecular weight excluding hydrogens is 384 g/mol. The van der Waals surface area contributed by atoms with Crippen LogP contribution in [0.1, 0.15) is 19.4 Å². The Morgan fingerprint density at radius 3 is 2.37 bits per heavy atom. The molecular formula is C20H23ClN2O3S. The lowest BCUT2D eigenvalue weighted by atomic mass is 10.1. The van der Waals surface area contributed by atoms with Crippen LogP contribution < -0.4 is 15.4 Å². The van der Waals surface area contributed by atoms with Gasteiger partial charge in [-0.15, -0.1) is 11.8 Å². The molecule has 0 aliphatic rings. The number of aryl methyl sites for hydroxylation is 1. The number of hydrogen-bond donors (Lipinski definition) is 2. The quantitative estimate of drug-likeness (QED) is 0.671. The topological polar surface area (TPSA) is 67.4 Å². The molecule has 0 heterocycles. The molecule has 0 aromatic heterocycles. The van der Waals surface area contributed by atoms with E-state index in [1.165, 1.54) is 24.4 Å². The number of halogens is 1. The smallest absolute Gasteiger partial charge is 0.237 e. The van der Waals surface area contributed by atoms with E-state index in [1.807, 2.05) is 24.3 Å². The van der Waals surface area contributed by atoms with E-state index in [1.54, 1.807) is 25.1 Å². The lowest BCUT2D eigenvalue weighted by Crippen LogP contribution is -2.25. The van der Waals surface area contributed by atoms with Crippen molar-refractivity contribution in [2.45, 2.75) is 25.5 Å². The fraction of sp³-hybridized carbons (Fsp3) is 0.300. The van der Waals surface area contributed by atoms with Crippen LogP contribution in [0, 0.1) is 0 Å². The molecule has 2 aromatic rings. The summed E-state index contributed by atoms with van der Waals surface area (Å²) in [4.78, 5) is 24.4. The average molecular weight is 407 g/mol. The molecule has 0 aliphatic carbocycles. The third-order valence-electron chi connectivity index (χ3n) is 3.90. The minimum Gasteiger partial charge on any atom is -0.495 e. The molecule has 27 heavy (non-hydrogen) atoms. The Labute approximate surface area is 168 Å². The van der Waals surface area contributed by atoms with Gasteiger partial charge in [-0.2, -0.15) is 0 Å². The van der Waals surface area contributed by atoms with Gasteiger partial charge in [0.05, 0.1) is 23.1 Å². The highest BCUT2D eigenvalue weighted by molar-refractivity contribution is 8.01. The van der Waals surface area contributed by atoms with Crippen molar-refractivity contribution in [2.24, 2.45) is 0 Å². The van der Waals surface area contributed by atoms with Crippen molar-refractivity contribution in [1.29, 1.82) is 0 Å². The highest BCUT2D eigenvalue weighted by atomic mass is 35.5. The first kappa shape index (κ1) is 21.1. The summed E-state index contributed by atoms with van der Waals surface area (Å²) >= 11 is 7.33. The normalized spacial score (nSPS) is 11.6. The summed E-state index contributed by atoms with van der Waals surface area (Å²) in [5.41, 5.74) is 2.55. The van der Waals surface area contributed by atoms with Gasteiger partial charge >= 0.3 is 0 Å². The zero-order chi connectivity index (χ0) is 19.8. The minimum atomic E-state index is -0.390. The van der Waals surface area contributed by atoms with Crippen molar-refractivity contribution < 1.29 is 14.3 Å². The summed E-state index contributed by atoms with van der Waals surface area (Å²) in [7, 11) is 1.53. The van der Waals surface area contributed by atoms with E-state index in [0.29, 0.717) is 16.5 Å². The monoisotopic (exact) mass is 406 g/mol. The van der Waals surface area contributed by atoms with Crippen LogP contribution in [0.25, 0.3) is 0 Å². The Morgan fingerprint density at radius 1 is 1.11 bits per heavy atom. The van der Waals surface area contributed by atoms with Crippen LogP contribution in [0.5, 0.6) is 5.75 Å². The maximum atomic E-state index is 12.3. The van der Waals surface area contributed by atoms with Crippen LogP contribution in [0.3, 0.4) is 0 Å². The summed E-state index contributed by atoms with van der Waals surface area (Å²) < 4.78 is 5.09. The molecule has 1 unspecified atom stereocenters. The van der Waals surface area contributed by atoms with Crippen LogP contribution >= 0.6 is 23.4 Å². The van der Waals surface area contributed by atoms with E-state index in [-0.39, 0.29) is 22.8 Å². The summed E-state index contributed by atoms with van der Waals surface area (Å²) in [5, 5.41) is 5.65. The van der Waals surface area contributed by atoms with Crippen molar-refractivity contribution >= 4 is 46.6 Å². The number of thioether (sulfide) groups is 1. The molecule has 0 bridgehead atoms. The second-order valence-electron chi connectivity index (χ2n) is 5.89. The number of carbonyl (C=O) groups excluding carboxylic acids is 2. The number of amides is 2. The predicted octanol–water partition coefficient (Wildman–Crippen LogP) is 4.61. The molecule has 2 aromatic carbocycles. The zero-order valence-corrected chi connectivity index (χ0v) is 17.1. The average Bonchev–Trinajstić information content (AvgIpc) is 2.66. The van der Waals surface area contributed by atoms with E-state index in [4.69, 9.17) is 16.3 Å². The molecule has 0 fully saturated rings. The Bertz CT molecular complexity index is 796. The molecule has 1 atom stereocenters. The number of ether oxygens (including phenoxy) is 1. The van der Waals surface area contributed by atoms with Crippen LogP contribution in [0.15, 0.2) is 42.5 Å². The maximum Gasteiger partial charge on any atom is 0.237 e. The summed E-state index contributed by atoms with van der Waals surface area (Å²) in [6, 6.07) is 12.8. The van der Waals surface area contributed by atoms with E-state index >= 15 is 0 Å². The number of carbonyl (C=O) groups is 2. The van der Waals surface area contributed by atoms with Crippen LogP contribution in [-0.4, -0.2) is 29.9 Å². The van der Waals surface area contributed by atoms with E-state index in [0.717, 1.165) is 12.1 Å². The third kappa shape index (κ3) is 6.48. The van der Waals surface area contributed by atoms with Crippen molar-refractivity contribution in [2.75, 3.05) is 23.5 Å². The molecule has 0 saturated heterocycles. The Hall–Kier alpha value is -2.18. The van der Waals surface area contributed by atoms with Gasteiger partial charge in [0.2, 0.25) is 11.8 Å². The Morgan fingerprint density at radius 2 is 1.78 bits per heavy atom. The van der Waals surface area contributed by atoms with Gasteiger partial charge in [0.1, 0.15) is 5.75 Å². The molecule has 7 heteroatoms. The van der Waals surface area contributed by atoms with Crippen molar-refractivity contribution in [3.8, 4) is 5.75 Å². The van der Waals surface area contributed by atoms with Gasteiger partial charge in [0, 0.05) is 11.4 Å². The van der Waals surface area contributed by atoms with Crippen LogP contribution in [0.2, 0.25) is 5.02 Å². The molecule has 0 saturated carbocycles. The van der Waals surface area contributed by atoms with E-state index in [9.17, 15) is 9.59 Å². The first-order valence-electron chi connectivity index (χ1n) is 8.57. The van der Waals surface area contributed by atoms with Gasteiger partial charge in [0.25, 0.3) is 0 Å². The fourth-order valence-electron chi connectivity index (χ4n) is 2.29. The minimum absolute atomic E-state index is 0.142. The van der Waals surface area contributed by atoms with E-state index < -0.39 is 0 Å². The van der Waals surface area contributed by atoms with Crippen molar-refractivity contribution in [3.05, 3.63) is 53.1 Å². The number of benzene rings is 2. The summed E-state index contributed by atoms with van der Waals surface area (Å²) in [5.74, 6) is 0.395. The predicted molar refractivity (Wildman–Crippen MR) is 113 cm³/mol. The number of rotatable bonds is 8. The lowest BCUT2D eigenvalue weighted by molar-refractivity contribution is -0.115. The van der Waals surface area contributed by atoms with Gasteiger partial charge in [-0.25, -0.2) is 0 Å². The molecule has 2 N–H and O–H groups in total. The van der Waals surface area contributed by atoms with Gasteiger partial charge < -0.3 is 15.4 Å². The van der Waals surface area contributed by atoms with Crippen LogP contribution in [0.4, 0.5) is 11.4 Å². The number of nitrogens with one attached hydrogen (secondary N) is 2. The van der Waals surface area contributed by atoms with Crippen molar-refractivity contribution in [3.63, 3.8) is 0 Å². The first-order chi connectivity index (χ1) is 12.9. The fourth-order valence-corrected chi connectivity index (χ4v) is 3.23. The van der Waals surface area contributed by atoms with Gasteiger partial charge in [-0.3, -0.25) is 9.59 Å². The SMILES string of the molecule is CCc1ccc(NC(=O)CSC(C)C(=O)Nc2ccc(OC)c(Cl)c2)cc1. The largest absolute Gasteiger partial charge is 0.495 e. The van der Waals surface area contributed by atoms with Gasteiger partial charge in [-0.1, -0.05) is 30.7 Å². The zero-order valence-electron chi connectivity index (χ0n) is 15.5. The third-order valence-corrected chi connectivity index (χ3v) is 5.34. The van der Waals surface area contributed by atoms with E-state index in [2.05, 4.69) is 17.6 Å². The Kier molecular flexibility index (Phi) is 8.00. The van der Waals surface area contributed by atoms with Gasteiger partial charge in [-0.05, 0) is 49.2 Å². The highest BCUT2D eigenvalue weighted by Gasteiger charge is 2.16. The summed E-state index contributed by atoms with van der Waals surface area (Å²) in [6.07, 6.45) is 0.954. The second kappa shape index (κ2) is 10.2. The van der Waals surface area contributed by atoms with Crippen LogP contribution in [-0.2, 0) is 16.0 Å². The maximum absolute atomic E-state index is 12.3. The molecule has 2 amide bonds. The number of anilines is 2. The molecule has 0 radical (unpaired) electrons. The molecule has 5 nitrogen and oxygen atoms in total. The lowest BCUT2D eigenvalue weighted by Gasteiger charge is -2.13. The Balaban J connectivity index is 1.81.